The Kier molecular flexibility index (Phi) is 11.1. The Bertz CT molecular complexity index is 1500. The van der Waals surface area contributed by atoms with Crippen molar-refractivity contribution in [1.29, 1.82) is 0 Å². The number of rotatable bonds is 8. The van der Waals surface area contributed by atoms with Gasteiger partial charge in [-0.3, -0.25) is 9.69 Å². The van der Waals surface area contributed by atoms with Gasteiger partial charge in [0, 0.05) is 19.3 Å². The van der Waals surface area contributed by atoms with Crippen LogP contribution < -0.4 is 9.64 Å². The maximum absolute atomic E-state index is 14.1. The summed E-state index contributed by atoms with van der Waals surface area (Å²) in [5, 5.41) is 0. The van der Waals surface area contributed by atoms with E-state index in [1.807, 2.05) is 6.92 Å². The highest BCUT2D eigenvalue weighted by Crippen LogP contribution is 2.42. The van der Waals surface area contributed by atoms with E-state index in [1.54, 1.807) is 70.7 Å². The number of nitrogens with zero attached hydrogens (tertiary/aromatic N) is 2. The lowest BCUT2D eigenvalue weighted by Crippen LogP contribution is -2.49. The number of esters is 1. The first kappa shape index (κ1) is 37.1. The summed E-state index contributed by atoms with van der Waals surface area (Å²) in [6.45, 7) is 12.4. The number of carbonyl (C=O) groups is 3. The second-order valence-corrected chi connectivity index (χ2v) is 14.9. The molecular formula is C37H49F3N2O6. The Labute approximate surface area is 281 Å². The predicted molar refractivity (Wildman–Crippen MR) is 177 cm³/mol. The van der Waals surface area contributed by atoms with E-state index in [-0.39, 0.29) is 24.9 Å². The fourth-order valence-electron chi connectivity index (χ4n) is 6.40. The number of fused-ring (bicyclic) bond motifs is 1. The lowest BCUT2D eigenvalue weighted by atomic mass is 9.81. The average Bonchev–Trinajstić information content (AvgIpc) is 3.42. The van der Waals surface area contributed by atoms with Crippen molar-refractivity contribution in [2.24, 2.45) is 0 Å². The second-order valence-electron chi connectivity index (χ2n) is 14.9. The van der Waals surface area contributed by atoms with Crippen molar-refractivity contribution in [2.75, 3.05) is 18.5 Å². The molecule has 0 bridgehead atoms. The maximum Gasteiger partial charge on any atom is 0.416 e. The van der Waals surface area contributed by atoms with Crippen LogP contribution >= 0.6 is 0 Å². The van der Waals surface area contributed by atoms with Gasteiger partial charge >= 0.3 is 18.2 Å². The van der Waals surface area contributed by atoms with Crippen molar-refractivity contribution in [3.05, 3.63) is 58.1 Å². The van der Waals surface area contributed by atoms with Crippen LogP contribution in [0, 0.1) is 6.92 Å². The van der Waals surface area contributed by atoms with Crippen LogP contribution in [0.1, 0.15) is 114 Å². The number of ether oxygens (including phenoxy) is 3. The highest BCUT2D eigenvalue weighted by molar-refractivity contribution is 5.99. The van der Waals surface area contributed by atoms with Crippen molar-refractivity contribution in [2.45, 2.75) is 129 Å². The molecule has 0 unspecified atom stereocenters. The molecule has 4 rings (SSSR count). The predicted octanol–water partition coefficient (Wildman–Crippen LogP) is 8.50. The van der Waals surface area contributed by atoms with Gasteiger partial charge < -0.3 is 19.1 Å². The first-order valence-corrected chi connectivity index (χ1v) is 16.7. The summed E-state index contributed by atoms with van der Waals surface area (Å²) in [5.41, 5.74) is 0.883. The summed E-state index contributed by atoms with van der Waals surface area (Å²) in [6.07, 6.45) is -0.500. The van der Waals surface area contributed by atoms with Crippen molar-refractivity contribution in [1.82, 2.24) is 4.90 Å². The fraction of sp³-hybridized carbons (Fsp3) is 0.595. The van der Waals surface area contributed by atoms with Gasteiger partial charge in [0.25, 0.3) is 0 Å². The van der Waals surface area contributed by atoms with E-state index in [0.29, 0.717) is 35.5 Å². The van der Waals surface area contributed by atoms with Gasteiger partial charge in [0.15, 0.2) is 0 Å². The molecule has 11 heteroatoms. The lowest BCUT2D eigenvalue weighted by Gasteiger charge is -2.32. The van der Waals surface area contributed by atoms with Crippen molar-refractivity contribution >= 4 is 23.7 Å². The van der Waals surface area contributed by atoms with E-state index >= 15 is 0 Å². The molecule has 1 heterocycles. The number of carbonyl (C=O) groups excluding carboxylic acids is 3. The number of anilines is 1. The van der Waals surface area contributed by atoms with Crippen LogP contribution in [0.25, 0.3) is 0 Å². The van der Waals surface area contributed by atoms with Crippen LogP contribution in [-0.2, 0) is 38.3 Å². The molecule has 2 aliphatic rings. The quantitative estimate of drug-likeness (QED) is 0.261. The number of hydrogen-bond donors (Lipinski definition) is 0. The van der Waals surface area contributed by atoms with Crippen LogP contribution in [0.5, 0.6) is 5.75 Å². The normalized spacial score (nSPS) is 16.3. The Balaban J connectivity index is 1.50. The maximum atomic E-state index is 14.1. The zero-order valence-corrected chi connectivity index (χ0v) is 29.4. The van der Waals surface area contributed by atoms with Gasteiger partial charge in [0.2, 0.25) is 5.91 Å². The molecule has 0 N–H and O–H groups in total. The number of benzene rings is 2. The average molecular weight is 675 g/mol. The Morgan fingerprint density at radius 2 is 1.58 bits per heavy atom. The van der Waals surface area contributed by atoms with E-state index in [0.717, 1.165) is 48.1 Å². The molecule has 1 aliphatic heterocycles. The van der Waals surface area contributed by atoms with Crippen molar-refractivity contribution < 1.29 is 41.8 Å². The first-order chi connectivity index (χ1) is 22.2. The minimum Gasteiger partial charge on any atom is -0.489 e. The van der Waals surface area contributed by atoms with E-state index in [4.69, 9.17) is 14.2 Å². The third-order valence-corrected chi connectivity index (χ3v) is 8.76. The molecule has 1 saturated carbocycles. The van der Waals surface area contributed by atoms with E-state index < -0.39 is 41.0 Å². The summed E-state index contributed by atoms with van der Waals surface area (Å²) in [7, 11) is 1.41. The molecule has 0 spiro atoms. The molecule has 0 aromatic heterocycles. The topological polar surface area (TPSA) is 85.4 Å². The molecule has 48 heavy (non-hydrogen) atoms. The first-order valence-electron chi connectivity index (χ1n) is 16.7. The van der Waals surface area contributed by atoms with Gasteiger partial charge in [-0.2, -0.15) is 13.2 Å². The molecule has 1 fully saturated rings. The van der Waals surface area contributed by atoms with E-state index in [1.165, 1.54) is 13.1 Å². The number of amides is 2. The zero-order chi connectivity index (χ0) is 35.6. The standard InChI is InChI=1S/C37H49F3N2O6/c1-23-26-18-19-42(32(43)21-30(33(44)47-35(2,3)4)41(8)34(45)48-36(5,6)7)29(26)16-17-31(23)46-22-24-14-15-27(25-12-10-9-11-13-25)28(20-24)37(38,39)40/h14-17,20,25,30H,9-13,18-19,21-22H2,1-8H3/t30-/m0/s1. The Morgan fingerprint density at radius 3 is 2.19 bits per heavy atom. The molecular weight excluding hydrogens is 625 g/mol. The molecule has 2 aromatic carbocycles. The van der Waals surface area contributed by atoms with Gasteiger partial charge in [0.05, 0.1) is 12.0 Å². The van der Waals surface area contributed by atoms with Crippen molar-refractivity contribution in [3.8, 4) is 5.75 Å². The molecule has 2 aromatic rings. The zero-order valence-electron chi connectivity index (χ0n) is 29.4. The minimum absolute atomic E-state index is 0.0368. The third-order valence-electron chi connectivity index (χ3n) is 8.76. The van der Waals surface area contributed by atoms with Crippen molar-refractivity contribution in [3.63, 3.8) is 0 Å². The molecule has 0 saturated heterocycles. The molecule has 1 aliphatic carbocycles. The number of alkyl halides is 3. The molecule has 264 valence electrons. The smallest absolute Gasteiger partial charge is 0.416 e. The monoisotopic (exact) mass is 674 g/mol. The van der Waals surface area contributed by atoms with Crippen LogP contribution in [0.3, 0.4) is 0 Å². The van der Waals surface area contributed by atoms with Crippen LogP contribution in [-0.4, -0.2) is 53.7 Å². The molecule has 1 atom stereocenters. The van der Waals surface area contributed by atoms with Gasteiger partial charge in [-0.15, -0.1) is 0 Å². The Hall–Kier alpha value is -3.76. The molecule has 8 nitrogen and oxygen atoms in total. The summed E-state index contributed by atoms with van der Waals surface area (Å²) in [5.74, 6) is -0.647. The lowest BCUT2D eigenvalue weighted by molar-refractivity contribution is -0.161. The summed E-state index contributed by atoms with van der Waals surface area (Å²) in [6, 6.07) is 6.78. The van der Waals surface area contributed by atoms with Crippen LogP contribution in [0.15, 0.2) is 30.3 Å². The number of likely N-dealkylation sites (N-methyl/N-ethyl adjacent to an activating group) is 1. The summed E-state index contributed by atoms with van der Waals surface area (Å²) >= 11 is 0. The number of halogens is 3. The molecule has 0 radical (unpaired) electrons. The summed E-state index contributed by atoms with van der Waals surface area (Å²) < 4.78 is 59.3. The third kappa shape index (κ3) is 9.23. The largest absolute Gasteiger partial charge is 0.489 e. The number of hydrogen-bond acceptors (Lipinski definition) is 6. The van der Waals surface area contributed by atoms with E-state index in [2.05, 4.69) is 0 Å². The van der Waals surface area contributed by atoms with E-state index in [9.17, 15) is 27.6 Å². The second kappa shape index (κ2) is 14.4. The van der Waals surface area contributed by atoms with Crippen LogP contribution in [0.4, 0.5) is 23.7 Å². The summed E-state index contributed by atoms with van der Waals surface area (Å²) in [4.78, 5) is 42.4. The van der Waals surface area contributed by atoms with Crippen LogP contribution in [0.2, 0.25) is 0 Å². The Morgan fingerprint density at radius 1 is 0.938 bits per heavy atom. The highest BCUT2D eigenvalue weighted by atomic mass is 19.4. The minimum atomic E-state index is -4.45. The van der Waals surface area contributed by atoms with Gasteiger partial charge in [-0.25, -0.2) is 9.59 Å². The van der Waals surface area contributed by atoms with Gasteiger partial charge in [-0.05, 0) is 114 Å². The fourth-order valence-corrected chi connectivity index (χ4v) is 6.40. The van der Waals surface area contributed by atoms with Gasteiger partial charge in [-0.1, -0.05) is 31.4 Å². The SMILES string of the molecule is Cc1c(OCc2ccc(C3CCCCC3)c(C(F)(F)F)c2)ccc2c1CCN2C(=O)C[C@@H](C(=O)OC(C)(C)C)N(C)C(=O)OC(C)(C)C. The van der Waals surface area contributed by atoms with Gasteiger partial charge in [0.1, 0.15) is 29.6 Å². The highest BCUT2D eigenvalue weighted by Gasteiger charge is 2.38. The molecule has 2 amide bonds.